The van der Waals surface area contributed by atoms with E-state index in [2.05, 4.69) is 13.8 Å². The number of hydrogen-bond acceptors (Lipinski definition) is 4. The van der Waals surface area contributed by atoms with Gasteiger partial charge in [0, 0.05) is 6.07 Å². The number of carbonyl (C=O) groups is 1. The Bertz CT molecular complexity index is 499. The standard InChI is InChI=1S/C16H23NO4/c1-4-6-7-13(5-2)11-21-14-8-9-16(17(19)20)15(10-14)12(3)18/h8-10,13H,4-7,11H2,1-3H3. The largest absolute Gasteiger partial charge is 0.493 e. The number of nitro groups is 1. The highest BCUT2D eigenvalue weighted by Gasteiger charge is 2.18. The van der Waals surface area contributed by atoms with Crippen molar-refractivity contribution in [2.24, 2.45) is 5.92 Å². The van der Waals surface area contributed by atoms with Crippen molar-refractivity contribution in [2.75, 3.05) is 6.61 Å². The van der Waals surface area contributed by atoms with Crippen LogP contribution in [0.25, 0.3) is 0 Å². The molecule has 0 radical (unpaired) electrons. The van der Waals surface area contributed by atoms with E-state index >= 15 is 0 Å². The van der Waals surface area contributed by atoms with E-state index in [9.17, 15) is 14.9 Å². The van der Waals surface area contributed by atoms with Crippen molar-refractivity contribution in [3.8, 4) is 5.75 Å². The molecule has 0 saturated carbocycles. The lowest BCUT2D eigenvalue weighted by Crippen LogP contribution is -2.11. The molecule has 1 unspecified atom stereocenters. The van der Waals surface area contributed by atoms with Crippen LogP contribution in [0.1, 0.15) is 56.8 Å². The van der Waals surface area contributed by atoms with Gasteiger partial charge in [0.1, 0.15) is 5.75 Å². The third-order valence-electron chi connectivity index (χ3n) is 3.57. The summed E-state index contributed by atoms with van der Waals surface area (Å²) in [6.45, 7) is 6.18. The Labute approximate surface area is 125 Å². The third kappa shape index (κ3) is 5.17. The highest BCUT2D eigenvalue weighted by Crippen LogP contribution is 2.25. The van der Waals surface area contributed by atoms with Crippen molar-refractivity contribution in [1.82, 2.24) is 0 Å². The van der Waals surface area contributed by atoms with E-state index in [-0.39, 0.29) is 17.0 Å². The Morgan fingerprint density at radius 1 is 1.38 bits per heavy atom. The molecular weight excluding hydrogens is 270 g/mol. The van der Waals surface area contributed by atoms with E-state index in [0.717, 1.165) is 19.3 Å². The summed E-state index contributed by atoms with van der Waals surface area (Å²) in [4.78, 5) is 21.8. The summed E-state index contributed by atoms with van der Waals surface area (Å²) in [5.41, 5.74) is -0.0769. The highest BCUT2D eigenvalue weighted by molar-refractivity contribution is 5.98. The van der Waals surface area contributed by atoms with E-state index in [1.54, 1.807) is 6.07 Å². The number of nitro benzene ring substituents is 1. The van der Waals surface area contributed by atoms with Gasteiger partial charge in [0.15, 0.2) is 5.78 Å². The van der Waals surface area contributed by atoms with Crippen LogP contribution in [0.4, 0.5) is 5.69 Å². The van der Waals surface area contributed by atoms with Crippen LogP contribution in [0.5, 0.6) is 5.75 Å². The molecule has 5 nitrogen and oxygen atoms in total. The summed E-state index contributed by atoms with van der Waals surface area (Å²) < 4.78 is 5.71. The second kappa shape index (κ2) is 8.39. The lowest BCUT2D eigenvalue weighted by atomic mass is 10.0. The first-order chi connectivity index (χ1) is 9.99. The van der Waals surface area contributed by atoms with Gasteiger partial charge in [0.25, 0.3) is 5.69 Å². The molecule has 0 aromatic heterocycles. The molecule has 1 aromatic carbocycles. The number of ether oxygens (including phenoxy) is 1. The molecule has 0 heterocycles. The van der Waals surface area contributed by atoms with Crippen LogP contribution >= 0.6 is 0 Å². The van der Waals surface area contributed by atoms with E-state index in [1.807, 2.05) is 0 Å². The van der Waals surface area contributed by atoms with E-state index < -0.39 is 4.92 Å². The minimum Gasteiger partial charge on any atom is -0.493 e. The Kier molecular flexibility index (Phi) is 6.85. The van der Waals surface area contributed by atoms with Gasteiger partial charge in [-0.3, -0.25) is 14.9 Å². The number of benzene rings is 1. The quantitative estimate of drug-likeness (QED) is 0.384. The maximum atomic E-state index is 11.5. The molecule has 1 atom stereocenters. The molecule has 1 rings (SSSR count). The number of hydrogen-bond donors (Lipinski definition) is 0. The highest BCUT2D eigenvalue weighted by atomic mass is 16.6. The topological polar surface area (TPSA) is 69.4 Å². The van der Waals surface area contributed by atoms with Gasteiger partial charge in [-0.15, -0.1) is 0 Å². The van der Waals surface area contributed by atoms with Gasteiger partial charge in [-0.25, -0.2) is 0 Å². The molecule has 0 aliphatic heterocycles. The monoisotopic (exact) mass is 293 g/mol. The number of carbonyl (C=O) groups excluding carboxylic acids is 1. The van der Waals surface area contributed by atoms with Gasteiger partial charge in [-0.05, 0) is 31.4 Å². The van der Waals surface area contributed by atoms with Crippen LogP contribution in [0.2, 0.25) is 0 Å². The van der Waals surface area contributed by atoms with Crippen LogP contribution in [-0.2, 0) is 0 Å². The normalized spacial score (nSPS) is 12.0. The van der Waals surface area contributed by atoms with Crippen LogP contribution < -0.4 is 4.74 Å². The first-order valence-electron chi connectivity index (χ1n) is 7.41. The second-order valence-electron chi connectivity index (χ2n) is 5.22. The van der Waals surface area contributed by atoms with Crippen molar-refractivity contribution < 1.29 is 14.5 Å². The SMILES string of the molecule is CCCCC(CC)COc1ccc([N+](=O)[O-])c(C(C)=O)c1. The number of Topliss-reactive ketones (excluding diaryl/α,β-unsaturated/α-hetero) is 1. The van der Waals surface area contributed by atoms with E-state index in [0.29, 0.717) is 18.3 Å². The lowest BCUT2D eigenvalue weighted by Gasteiger charge is -2.15. The summed E-state index contributed by atoms with van der Waals surface area (Å²) in [5.74, 6) is 0.659. The van der Waals surface area contributed by atoms with Crippen LogP contribution in [0.3, 0.4) is 0 Å². The molecule has 0 fully saturated rings. The molecule has 1 aromatic rings. The zero-order valence-electron chi connectivity index (χ0n) is 12.9. The third-order valence-corrected chi connectivity index (χ3v) is 3.57. The summed E-state index contributed by atoms with van der Waals surface area (Å²) in [6.07, 6.45) is 4.47. The Morgan fingerprint density at radius 2 is 2.10 bits per heavy atom. The predicted molar refractivity (Wildman–Crippen MR) is 81.9 cm³/mol. The zero-order chi connectivity index (χ0) is 15.8. The van der Waals surface area contributed by atoms with Gasteiger partial charge in [-0.2, -0.15) is 0 Å². The number of unbranched alkanes of at least 4 members (excludes halogenated alkanes) is 1. The maximum absolute atomic E-state index is 11.5. The summed E-state index contributed by atoms with van der Waals surface area (Å²) in [6, 6.07) is 4.35. The van der Waals surface area contributed by atoms with Crippen LogP contribution in [-0.4, -0.2) is 17.3 Å². The molecule has 5 heteroatoms. The Balaban J connectivity index is 2.78. The first-order valence-corrected chi connectivity index (χ1v) is 7.41. The Hall–Kier alpha value is -1.91. The molecule has 0 aliphatic rings. The van der Waals surface area contributed by atoms with Crippen LogP contribution in [0, 0.1) is 16.0 Å². The van der Waals surface area contributed by atoms with Gasteiger partial charge in [0.05, 0.1) is 17.1 Å². The number of nitrogens with zero attached hydrogens (tertiary/aromatic N) is 1. The minimum absolute atomic E-state index is 0.0964. The van der Waals surface area contributed by atoms with Gasteiger partial charge in [-0.1, -0.05) is 33.1 Å². The zero-order valence-corrected chi connectivity index (χ0v) is 12.9. The second-order valence-corrected chi connectivity index (χ2v) is 5.22. The lowest BCUT2D eigenvalue weighted by molar-refractivity contribution is -0.385. The van der Waals surface area contributed by atoms with Gasteiger partial charge >= 0.3 is 0 Å². The molecule has 21 heavy (non-hydrogen) atoms. The van der Waals surface area contributed by atoms with Gasteiger partial charge < -0.3 is 4.74 Å². The number of rotatable bonds is 9. The van der Waals surface area contributed by atoms with Crippen molar-refractivity contribution in [2.45, 2.75) is 46.5 Å². The molecule has 0 aliphatic carbocycles. The molecular formula is C16H23NO4. The first kappa shape index (κ1) is 17.1. The minimum atomic E-state index is -0.545. The molecule has 0 amide bonds. The molecule has 0 N–H and O–H groups in total. The van der Waals surface area contributed by atoms with Crippen LogP contribution in [0.15, 0.2) is 18.2 Å². The maximum Gasteiger partial charge on any atom is 0.280 e. The van der Waals surface area contributed by atoms with E-state index in [1.165, 1.54) is 25.5 Å². The average Bonchev–Trinajstić information content (AvgIpc) is 2.47. The summed E-state index contributed by atoms with van der Waals surface area (Å²) in [5, 5.41) is 10.9. The van der Waals surface area contributed by atoms with E-state index in [4.69, 9.17) is 4.74 Å². The predicted octanol–water partition coefficient (Wildman–Crippen LogP) is 4.39. The fourth-order valence-electron chi connectivity index (χ4n) is 2.16. The van der Waals surface area contributed by atoms with Crippen molar-refractivity contribution in [3.63, 3.8) is 0 Å². The van der Waals surface area contributed by atoms with Crippen molar-refractivity contribution >= 4 is 11.5 Å². The summed E-state index contributed by atoms with van der Waals surface area (Å²) in [7, 11) is 0. The molecule has 116 valence electrons. The molecule has 0 saturated heterocycles. The summed E-state index contributed by atoms with van der Waals surface area (Å²) >= 11 is 0. The Morgan fingerprint density at radius 3 is 2.62 bits per heavy atom. The average molecular weight is 293 g/mol. The van der Waals surface area contributed by atoms with Gasteiger partial charge in [0.2, 0.25) is 0 Å². The smallest absolute Gasteiger partial charge is 0.280 e. The molecule has 0 bridgehead atoms. The van der Waals surface area contributed by atoms with Crippen molar-refractivity contribution in [1.29, 1.82) is 0 Å². The number of ketones is 1. The molecule has 0 spiro atoms. The fourth-order valence-corrected chi connectivity index (χ4v) is 2.16. The van der Waals surface area contributed by atoms with Crippen molar-refractivity contribution in [3.05, 3.63) is 33.9 Å². The fraction of sp³-hybridized carbons (Fsp3) is 0.562.